The van der Waals surface area contributed by atoms with Crippen LogP contribution >= 0.6 is 0 Å². The van der Waals surface area contributed by atoms with Gasteiger partial charge in [-0.05, 0) is 12.5 Å². The Morgan fingerprint density at radius 2 is 1.87 bits per heavy atom. The average molecular weight is 204 g/mol. The van der Waals surface area contributed by atoms with E-state index in [1.807, 2.05) is 44.2 Å². The second kappa shape index (κ2) is 4.15. The largest absolute Gasteiger partial charge is 0.369 e. The summed E-state index contributed by atoms with van der Waals surface area (Å²) in [5, 5.41) is 0. The summed E-state index contributed by atoms with van der Waals surface area (Å²) in [6.45, 7) is 3.91. The lowest BCUT2D eigenvalue weighted by Gasteiger charge is -2.32. The van der Waals surface area contributed by atoms with Crippen molar-refractivity contribution < 1.29 is 9.53 Å². The lowest BCUT2D eigenvalue weighted by Crippen LogP contribution is -2.33. The Kier molecular flexibility index (Phi) is 2.87. The van der Waals surface area contributed by atoms with E-state index in [4.69, 9.17) is 4.74 Å². The number of hydrogen-bond acceptors (Lipinski definition) is 2. The van der Waals surface area contributed by atoms with E-state index < -0.39 is 0 Å². The van der Waals surface area contributed by atoms with Crippen molar-refractivity contribution in [3.63, 3.8) is 0 Å². The highest BCUT2D eigenvalue weighted by molar-refractivity contribution is 5.82. The minimum Gasteiger partial charge on any atom is -0.369 e. The zero-order chi connectivity index (χ0) is 10.8. The Labute approximate surface area is 90.3 Å². The van der Waals surface area contributed by atoms with E-state index in [0.717, 1.165) is 5.56 Å². The van der Waals surface area contributed by atoms with Gasteiger partial charge in [0.05, 0.1) is 12.2 Å². The highest BCUT2D eigenvalue weighted by Gasteiger charge is 2.33. The maximum atomic E-state index is 11.7. The van der Waals surface area contributed by atoms with E-state index in [9.17, 15) is 4.79 Å². The molecule has 2 nitrogen and oxygen atoms in total. The molecule has 2 heteroatoms. The molecule has 0 aromatic heterocycles. The number of ketones is 1. The van der Waals surface area contributed by atoms with Gasteiger partial charge in [-0.3, -0.25) is 4.79 Å². The third-order valence-corrected chi connectivity index (χ3v) is 2.96. The zero-order valence-corrected chi connectivity index (χ0v) is 9.14. The van der Waals surface area contributed by atoms with Crippen LogP contribution in [0.2, 0.25) is 0 Å². The topological polar surface area (TPSA) is 26.3 Å². The van der Waals surface area contributed by atoms with E-state index in [2.05, 4.69) is 0 Å². The first-order chi connectivity index (χ1) is 7.18. The second-order valence-corrected chi connectivity index (χ2v) is 4.24. The Morgan fingerprint density at radius 1 is 1.20 bits per heavy atom. The van der Waals surface area contributed by atoms with Crippen molar-refractivity contribution in [2.75, 3.05) is 0 Å². The van der Waals surface area contributed by atoms with E-state index in [1.165, 1.54) is 0 Å². The van der Waals surface area contributed by atoms with E-state index in [-0.39, 0.29) is 18.1 Å². The smallest absolute Gasteiger partial charge is 0.141 e. The highest BCUT2D eigenvalue weighted by Crippen LogP contribution is 2.33. The predicted molar refractivity (Wildman–Crippen MR) is 58.5 cm³/mol. The van der Waals surface area contributed by atoms with Gasteiger partial charge in [-0.1, -0.05) is 37.3 Å². The molecule has 0 radical (unpaired) electrons. The van der Waals surface area contributed by atoms with Gasteiger partial charge in [0.1, 0.15) is 5.78 Å². The molecule has 0 unspecified atom stereocenters. The molecule has 0 saturated carbocycles. The zero-order valence-electron chi connectivity index (χ0n) is 9.14. The first-order valence-corrected chi connectivity index (χ1v) is 5.41. The fourth-order valence-corrected chi connectivity index (χ4v) is 2.06. The SMILES string of the molecule is C[C@@H]1C(=O)C[C@H](C)O[C@@H]1c1ccccc1. The Hall–Kier alpha value is -1.15. The molecule has 3 atom stereocenters. The average Bonchev–Trinajstić information content (AvgIpc) is 2.24. The summed E-state index contributed by atoms with van der Waals surface area (Å²) in [5.41, 5.74) is 1.10. The number of hydrogen-bond donors (Lipinski definition) is 0. The summed E-state index contributed by atoms with van der Waals surface area (Å²) in [6.07, 6.45) is 0.520. The third kappa shape index (κ3) is 2.10. The molecule has 1 aromatic carbocycles. The van der Waals surface area contributed by atoms with Gasteiger partial charge in [0.15, 0.2) is 0 Å². The summed E-state index contributed by atoms with van der Waals surface area (Å²) in [6, 6.07) is 9.98. The van der Waals surface area contributed by atoms with Crippen LogP contribution in [0, 0.1) is 5.92 Å². The molecule has 0 bridgehead atoms. The van der Waals surface area contributed by atoms with E-state index >= 15 is 0 Å². The molecule has 1 aromatic rings. The van der Waals surface area contributed by atoms with Crippen molar-refractivity contribution in [2.24, 2.45) is 5.92 Å². The highest BCUT2D eigenvalue weighted by atomic mass is 16.5. The number of Topliss-reactive ketones (excluding diaryl/α,β-unsaturated/α-hetero) is 1. The molecule has 0 aliphatic carbocycles. The fourth-order valence-electron chi connectivity index (χ4n) is 2.06. The Bertz CT molecular complexity index is 345. The minimum atomic E-state index is -0.0672. The maximum Gasteiger partial charge on any atom is 0.141 e. The molecule has 1 saturated heterocycles. The lowest BCUT2D eigenvalue weighted by atomic mass is 9.88. The number of carbonyl (C=O) groups excluding carboxylic acids is 1. The van der Waals surface area contributed by atoms with Gasteiger partial charge in [-0.2, -0.15) is 0 Å². The van der Waals surface area contributed by atoms with Crippen molar-refractivity contribution in [2.45, 2.75) is 32.5 Å². The van der Waals surface area contributed by atoms with Crippen LogP contribution in [0.1, 0.15) is 31.9 Å². The summed E-state index contributed by atoms with van der Waals surface area (Å²) >= 11 is 0. The predicted octanol–water partition coefficient (Wildman–Crippen LogP) is 2.74. The standard InChI is InChI=1S/C13H16O2/c1-9-8-12(14)10(2)13(15-9)11-6-4-3-5-7-11/h3-7,9-10,13H,8H2,1-2H3/t9-,10+,13-/m0/s1. The van der Waals surface area contributed by atoms with Gasteiger partial charge in [0.2, 0.25) is 0 Å². The van der Waals surface area contributed by atoms with Crippen LogP contribution in [0.15, 0.2) is 30.3 Å². The summed E-state index contributed by atoms with van der Waals surface area (Å²) < 4.78 is 5.83. The molecule has 15 heavy (non-hydrogen) atoms. The molecular formula is C13H16O2. The van der Waals surface area contributed by atoms with Gasteiger partial charge < -0.3 is 4.74 Å². The van der Waals surface area contributed by atoms with Gasteiger partial charge in [0.25, 0.3) is 0 Å². The molecule has 0 N–H and O–H groups in total. The van der Waals surface area contributed by atoms with Crippen LogP contribution in [0.5, 0.6) is 0 Å². The molecule has 80 valence electrons. The second-order valence-electron chi connectivity index (χ2n) is 4.24. The van der Waals surface area contributed by atoms with Crippen LogP contribution in [-0.2, 0) is 9.53 Å². The van der Waals surface area contributed by atoms with Crippen LogP contribution in [0.4, 0.5) is 0 Å². The lowest BCUT2D eigenvalue weighted by molar-refractivity contribution is -0.143. The monoisotopic (exact) mass is 204 g/mol. The Balaban J connectivity index is 2.24. The van der Waals surface area contributed by atoms with Crippen molar-refractivity contribution in [1.29, 1.82) is 0 Å². The number of rotatable bonds is 1. The first-order valence-electron chi connectivity index (χ1n) is 5.41. The van der Waals surface area contributed by atoms with Gasteiger partial charge in [-0.15, -0.1) is 0 Å². The van der Waals surface area contributed by atoms with Gasteiger partial charge >= 0.3 is 0 Å². The number of ether oxygens (including phenoxy) is 1. The molecule has 1 fully saturated rings. The van der Waals surface area contributed by atoms with Crippen molar-refractivity contribution in [3.8, 4) is 0 Å². The van der Waals surface area contributed by atoms with E-state index in [0.29, 0.717) is 12.2 Å². The third-order valence-electron chi connectivity index (χ3n) is 2.96. The van der Waals surface area contributed by atoms with Crippen molar-refractivity contribution in [1.82, 2.24) is 0 Å². The molecular weight excluding hydrogens is 188 g/mol. The number of benzene rings is 1. The van der Waals surface area contributed by atoms with Crippen LogP contribution in [-0.4, -0.2) is 11.9 Å². The maximum absolute atomic E-state index is 11.7. The molecule has 1 aliphatic heterocycles. The van der Waals surface area contributed by atoms with E-state index in [1.54, 1.807) is 0 Å². The van der Waals surface area contributed by atoms with Crippen LogP contribution < -0.4 is 0 Å². The summed E-state index contributed by atoms with van der Waals surface area (Å²) in [7, 11) is 0. The number of carbonyl (C=O) groups is 1. The molecule has 1 heterocycles. The molecule has 0 amide bonds. The van der Waals surface area contributed by atoms with Crippen LogP contribution in [0.25, 0.3) is 0 Å². The molecule has 0 spiro atoms. The Morgan fingerprint density at radius 3 is 2.53 bits per heavy atom. The molecule has 1 aliphatic rings. The van der Waals surface area contributed by atoms with Crippen molar-refractivity contribution in [3.05, 3.63) is 35.9 Å². The van der Waals surface area contributed by atoms with Crippen LogP contribution in [0.3, 0.4) is 0 Å². The normalized spacial score (nSPS) is 31.6. The quantitative estimate of drug-likeness (QED) is 0.703. The summed E-state index contributed by atoms with van der Waals surface area (Å²) in [5.74, 6) is 0.284. The molecule has 2 rings (SSSR count). The minimum absolute atomic E-state index is 0.0244. The van der Waals surface area contributed by atoms with Gasteiger partial charge in [-0.25, -0.2) is 0 Å². The van der Waals surface area contributed by atoms with Crippen molar-refractivity contribution >= 4 is 5.78 Å². The fraction of sp³-hybridized carbons (Fsp3) is 0.462. The first kappa shape index (κ1) is 10.4. The summed E-state index contributed by atoms with van der Waals surface area (Å²) in [4.78, 5) is 11.7. The van der Waals surface area contributed by atoms with Gasteiger partial charge in [0, 0.05) is 12.3 Å².